The fourth-order valence-corrected chi connectivity index (χ4v) is 1.70. The third-order valence-electron chi connectivity index (χ3n) is 2.61. The van der Waals surface area contributed by atoms with Gasteiger partial charge in [0, 0.05) is 25.9 Å². The van der Waals surface area contributed by atoms with Crippen molar-refractivity contribution >= 4 is 5.69 Å². The van der Waals surface area contributed by atoms with Gasteiger partial charge in [0.05, 0.1) is 13.2 Å². The first kappa shape index (κ1) is 15.0. The highest BCUT2D eigenvalue weighted by Crippen LogP contribution is 2.15. The number of nitrogens with one attached hydrogen (secondary N) is 1. The van der Waals surface area contributed by atoms with Gasteiger partial charge in [-0.3, -0.25) is 0 Å². The van der Waals surface area contributed by atoms with Crippen LogP contribution in [0.15, 0.2) is 24.3 Å². The van der Waals surface area contributed by atoms with E-state index in [9.17, 15) is 0 Å². The molecule has 0 fully saturated rings. The van der Waals surface area contributed by atoms with E-state index in [0.717, 1.165) is 32.8 Å². The van der Waals surface area contributed by atoms with Gasteiger partial charge in [0.1, 0.15) is 0 Å². The molecular formula is C15H25NO2. The topological polar surface area (TPSA) is 30.5 Å². The van der Waals surface area contributed by atoms with Crippen LogP contribution in [-0.2, 0) is 15.9 Å². The zero-order valence-corrected chi connectivity index (χ0v) is 11.7. The number of ether oxygens (including phenoxy) is 2. The first-order chi connectivity index (χ1) is 8.74. The summed E-state index contributed by atoms with van der Waals surface area (Å²) in [5.41, 5.74) is 2.48. The number of para-hydroxylation sites is 1. The highest BCUT2D eigenvalue weighted by Gasteiger charge is 2.01. The minimum Gasteiger partial charge on any atom is -0.384 e. The van der Waals surface area contributed by atoms with E-state index in [0.29, 0.717) is 5.92 Å². The lowest BCUT2D eigenvalue weighted by atomic mass is 10.1. The van der Waals surface area contributed by atoms with Crippen molar-refractivity contribution in [2.75, 3.05) is 38.8 Å². The lowest BCUT2D eigenvalue weighted by Gasteiger charge is -2.12. The molecule has 0 aliphatic rings. The summed E-state index contributed by atoms with van der Waals surface area (Å²) >= 11 is 0. The molecule has 3 nitrogen and oxygen atoms in total. The van der Waals surface area contributed by atoms with Gasteiger partial charge in [-0.2, -0.15) is 0 Å². The van der Waals surface area contributed by atoms with Crippen LogP contribution in [0, 0.1) is 5.92 Å². The Morgan fingerprint density at radius 3 is 2.67 bits per heavy atom. The fraction of sp³-hybridized carbons (Fsp3) is 0.600. The average molecular weight is 251 g/mol. The lowest BCUT2D eigenvalue weighted by molar-refractivity contribution is 0.118. The Labute approximate surface area is 110 Å². The average Bonchev–Trinajstić information content (AvgIpc) is 2.36. The third-order valence-corrected chi connectivity index (χ3v) is 2.61. The van der Waals surface area contributed by atoms with Crippen LogP contribution in [0.5, 0.6) is 0 Å². The quantitative estimate of drug-likeness (QED) is 0.684. The van der Waals surface area contributed by atoms with Crippen molar-refractivity contribution in [1.29, 1.82) is 0 Å². The summed E-state index contributed by atoms with van der Waals surface area (Å²) in [5.74, 6) is 0.596. The number of anilines is 1. The number of hydrogen-bond acceptors (Lipinski definition) is 3. The highest BCUT2D eigenvalue weighted by molar-refractivity contribution is 5.51. The molecular weight excluding hydrogens is 226 g/mol. The molecule has 1 N–H and O–H groups in total. The summed E-state index contributed by atoms with van der Waals surface area (Å²) in [6.07, 6.45) is 0.937. The number of hydrogen-bond donors (Lipinski definition) is 1. The van der Waals surface area contributed by atoms with Gasteiger partial charge in [-0.1, -0.05) is 32.0 Å². The second-order valence-electron chi connectivity index (χ2n) is 4.80. The standard InChI is InChI=1S/C15H25NO2/c1-13(2)12-18-11-9-16-15-7-5-4-6-14(15)8-10-17-3/h4-7,13,16H,8-12H2,1-3H3. The third kappa shape index (κ3) is 6.03. The zero-order chi connectivity index (χ0) is 13.2. The van der Waals surface area contributed by atoms with Crippen molar-refractivity contribution in [2.45, 2.75) is 20.3 Å². The molecule has 0 aromatic heterocycles. The SMILES string of the molecule is COCCc1ccccc1NCCOCC(C)C. The molecule has 1 aromatic carbocycles. The van der Waals surface area contributed by atoms with E-state index in [4.69, 9.17) is 9.47 Å². The predicted octanol–water partition coefficient (Wildman–Crippen LogP) is 2.96. The Bertz CT molecular complexity index is 326. The summed E-state index contributed by atoms with van der Waals surface area (Å²) in [7, 11) is 1.73. The van der Waals surface area contributed by atoms with Gasteiger partial charge in [-0.25, -0.2) is 0 Å². The maximum Gasteiger partial charge on any atom is 0.0639 e. The molecule has 0 radical (unpaired) electrons. The summed E-state index contributed by atoms with van der Waals surface area (Å²) in [6.45, 7) is 7.49. The van der Waals surface area contributed by atoms with Gasteiger partial charge in [-0.15, -0.1) is 0 Å². The Morgan fingerprint density at radius 2 is 1.94 bits per heavy atom. The van der Waals surface area contributed by atoms with Gasteiger partial charge in [0.15, 0.2) is 0 Å². The molecule has 1 aromatic rings. The second kappa shape index (κ2) is 8.95. The molecule has 0 atom stereocenters. The number of rotatable bonds is 9. The van der Waals surface area contributed by atoms with Crippen LogP contribution in [0.1, 0.15) is 19.4 Å². The molecule has 0 amide bonds. The predicted molar refractivity (Wildman–Crippen MR) is 76.2 cm³/mol. The molecule has 3 heteroatoms. The Balaban J connectivity index is 2.32. The molecule has 0 saturated carbocycles. The van der Waals surface area contributed by atoms with Crippen LogP contribution in [0.25, 0.3) is 0 Å². The molecule has 1 rings (SSSR count). The molecule has 0 aliphatic carbocycles. The van der Waals surface area contributed by atoms with Gasteiger partial charge in [0.2, 0.25) is 0 Å². The van der Waals surface area contributed by atoms with Crippen molar-refractivity contribution in [3.8, 4) is 0 Å². The van der Waals surface area contributed by atoms with Crippen LogP contribution in [0.3, 0.4) is 0 Å². The highest BCUT2D eigenvalue weighted by atomic mass is 16.5. The van der Waals surface area contributed by atoms with Crippen LogP contribution >= 0.6 is 0 Å². The van der Waals surface area contributed by atoms with Crippen molar-refractivity contribution in [2.24, 2.45) is 5.92 Å². The van der Waals surface area contributed by atoms with Crippen molar-refractivity contribution in [3.63, 3.8) is 0 Å². The van der Waals surface area contributed by atoms with Crippen molar-refractivity contribution < 1.29 is 9.47 Å². The van der Waals surface area contributed by atoms with Crippen molar-refractivity contribution in [1.82, 2.24) is 0 Å². The lowest BCUT2D eigenvalue weighted by Crippen LogP contribution is -2.13. The molecule has 0 aliphatic heterocycles. The first-order valence-electron chi connectivity index (χ1n) is 6.62. The van der Waals surface area contributed by atoms with E-state index in [-0.39, 0.29) is 0 Å². The van der Waals surface area contributed by atoms with Crippen LogP contribution < -0.4 is 5.32 Å². The zero-order valence-electron chi connectivity index (χ0n) is 11.7. The van der Waals surface area contributed by atoms with E-state index in [1.165, 1.54) is 11.3 Å². The van der Waals surface area contributed by atoms with E-state index in [1.807, 2.05) is 6.07 Å². The Morgan fingerprint density at radius 1 is 1.17 bits per heavy atom. The number of methoxy groups -OCH3 is 1. The Kier molecular flexibility index (Phi) is 7.46. The Hall–Kier alpha value is -1.06. The molecule has 0 saturated heterocycles. The monoisotopic (exact) mass is 251 g/mol. The van der Waals surface area contributed by atoms with Crippen molar-refractivity contribution in [3.05, 3.63) is 29.8 Å². The van der Waals surface area contributed by atoms with E-state index < -0.39 is 0 Å². The fourth-order valence-electron chi connectivity index (χ4n) is 1.70. The van der Waals surface area contributed by atoms with E-state index >= 15 is 0 Å². The van der Waals surface area contributed by atoms with E-state index in [1.54, 1.807) is 7.11 Å². The summed E-state index contributed by atoms with van der Waals surface area (Å²) in [4.78, 5) is 0. The second-order valence-corrected chi connectivity index (χ2v) is 4.80. The molecule has 18 heavy (non-hydrogen) atoms. The molecule has 0 bridgehead atoms. The van der Waals surface area contributed by atoms with Crippen LogP contribution in [-0.4, -0.2) is 33.5 Å². The minimum atomic E-state index is 0.596. The van der Waals surface area contributed by atoms with Gasteiger partial charge in [0.25, 0.3) is 0 Å². The molecule has 0 unspecified atom stereocenters. The smallest absolute Gasteiger partial charge is 0.0639 e. The largest absolute Gasteiger partial charge is 0.384 e. The van der Waals surface area contributed by atoms with Gasteiger partial charge < -0.3 is 14.8 Å². The summed E-state index contributed by atoms with van der Waals surface area (Å²) < 4.78 is 10.7. The first-order valence-corrected chi connectivity index (χ1v) is 6.62. The molecule has 102 valence electrons. The van der Waals surface area contributed by atoms with Gasteiger partial charge in [-0.05, 0) is 24.0 Å². The molecule has 0 heterocycles. The normalized spacial score (nSPS) is 10.9. The van der Waals surface area contributed by atoms with Crippen LogP contribution in [0.4, 0.5) is 5.69 Å². The van der Waals surface area contributed by atoms with Gasteiger partial charge >= 0.3 is 0 Å². The summed E-state index contributed by atoms with van der Waals surface area (Å²) in [5, 5.41) is 3.42. The van der Waals surface area contributed by atoms with E-state index in [2.05, 4.69) is 37.4 Å². The van der Waals surface area contributed by atoms with Crippen LogP contribution in [0.2, 0.25) is 0 Å². The summed E-state index contributed by atoms with van der Waals surface area (Å²) in [6, 6.07) is 8.35. The molecule has 0 spiro atoms. The number of benzene rings is 1. The maximum atomic E-state index is 5.55. The minimum absolute atomic E-state index is 0.596. The maximum absolute atomic E-state index is 5.55.